The Hall–Kier alpha value is -0.640. The molecule has 1 nitrogen and oxygen atoms in total. The van der Waals surface area contributed by atoms with Crippen molar-refractivity contribution < 1.29 is 0 Å². The summed E-state index contributed by atoms with van der Waals surface area (Å²) in [5.74, 6) is 0. The van der Waals surface area contributed by atoms with Crippen molar-refractivity contribution in [1.29, 1.82) is 0 Å². The lowest BCUT2D eigenvalue weighted by Gasteiger charge is -2.14. The van der Waals surface area contributed by atoms with Gasteiger partial charge in [0.15, 0.2) is 0 Å². The van der Waals surface area contributed by atoms with Gasteiger partial charge in [0.05, 0.1) is 3.79 Å². The number of halogens is 1. The first-order chi connectivity index (χ1) is 8.72. The summed E-state index contributed by atoms with van der Waals surface area (Å²) in [6.45, 7) is 2.19. The molecule has 2 rings (SSSR count). The SMILES string of the molecule is CCc1ccc(CC(NC)c2ccc(Br)s2)cc1. The molecule has 2 aromatic rings. The van der Waals surface area contributed by atoms with E-state index in [9.17, 15) is 0 Å². The highest BCUT2D eigenvalue weighted by molar-refractivity contribution is 9.11. The maximum absolute atomic E-state index is 3.52. The van der Waals surface area contributed by atoms with Crippen LogP contribution in [0.3, 0.4) is 0 Å². The highest BCUT2D eigenvalue weighted by atomic mass is 79.9. The number of rotatable bonds is 5. The van der Waals surface area contributed by atoms with Gasteiger partial charge in [-0.05, 0) is 59.1 Å². The lowest BCUT2D eigenvalue weighted by Crippen LogP contribution is -2.17. The molecule has 0 spiro atoms. The second-order valence-corrected chi connectivity index (χ2v) is 6.85. The van der Waals surface area contributed by atoms with E-state index in [0.717, 1.165) is 12.8 Å². The van der Waals surface area contributed by atoms with E-state index < -0.39 is 0 Å². The Labute approximate surface area is 121 Å². The van der Waals surface area contributed by atoms with Gasteiger partial charge >= 0.3 is 0 Å². The van der Waals surface area contributed by atoms with Crippen molar-refractivity contribution in [2.75, 3.05) is 7.05 Å². The molecule has 0 aliphatic carbocycles. The third-order valence-corrected chi connectivity index (χ3v) is 4.89. The molecule has 0 bridgehead atoms. The fourth-order valence-corrected chi connectivity index (χ4v) is 3.54. The summed E-state index contributed by atoms with van der Waals surface area (Å²) in [5.41, 5.74) is 2.79. The van der Waals surface area contributed by atoms with Crippen LogP contribution in [0.4, 0.5) is 0 Å². The Bertz CT molecular complexity index is 489. The fraction of sp³-hybridized carbons (Fsp3) is 0.333. The second-order valence-electron chi connectivity index (χ2n) is 4.36. The topological polar surface area (TPSA) is 12.0 Å². The number of nitrogens with one attached hydrogen (secondary N) is 1. The van der Waals surface area contributed by atoms with E-state index in [2.05, 4.69) is 64.6 Å². The number of likely N-dealkylation sites (N-methyl/N-ethyl adjacent to an activating group) is 1. The molecule has 0 fully saturated rings. The highest BCUT2D eigenvalue weighted by Gasteiger charge is 2.12. The van der Waals surface area contributed by atoms with Gasteiger partial charge in [0.2, 0.25) is 0 Å². The maximum Gasteiger partial charge on any atom is 0.0701 e. The van der Waals surface area contributed by atoms with Crippen LogP contribution in [0.15, 0.2) is 40.2 Å². The van der Waals surface area contributed by atoms with Crippen molar-refractivity contribution >= 4 is 27.3 Å². The van der Waals surface area contributed by atoms with Gasteiger partial charge in [-0.15, -0.1) is 11.3 Å². The minimum atomic E-state index is 0.397. The average Bonchev–Trinajstić information content (AvgIpc) is 2.83. The van der Waals surface area contributed by atoms with E-state index in [1.807, 2.05) is 7.05 Å². The molecule has 0 amide bonds. The predicted molar refractivity (Wildman–Crippen MR) is 83.3 cm³/mol. The fourth-order valence-electron chi connectivity index (χ4n) is 2.01. The molecule has 96 valence electrons. The largest absolute Gasteiger partial charge is 0.312 e. The molecular formula is C15H18BrNS. The van der Waals surface area contributed by atoms with Crippen LogP contribution in [-0.2, 0) is 12.8 Å². The molecule has 1 unspecified atom stereocenters. The zero-order valence-electron chi connectivity index (χ0n) is 10.7. The lowest BCUT2D eigenvalue weighted by molar-refractivity contribution is 0.602. The summed E-state index contributed by atoms with van der Waals surface area (Å²) in [6, 6.07) is 13.6. The van der Waals surface area contributed by atoms with Crippen molar-refractivity contribution in [3.05, 3.63) is 56.2 Å². The molecular weight excluding hydrogens is 306 g/mol. The van der Waals surface area contributed by atoms with Crippen LogP contribution in [-0.4, -0.2) is 7.05 Å². The van der Waals surface area contributed by atoms with E-state index in [-0.39, 0.29) is 0 Å². The van der Waals surface area contributed by atoms with Gasteiger partial charge < -0.3 is 5.32 Å². The molecule has 3 heteroatoms. The van der Waals surface area contributed by atoms with Crippen molar-refractivity contribution in [2.24, 2.45) is 0 Å². The molecule has 0 aliphatic rings. The van der Waals surface area contributed by atoms with Gasteiger partial charge in [-0.2, -0.15) is 0 Å². The monoisotopic (exact) mass is 323 g/mol. The van der Waals surface area contributed by atoms with Crippen LogP contribution >= 0.6 is 27.3 Å². The molecule has 1 heterocycles. The second kappa shape index (κ2) is 6.50. The molecule has 1 N–H and O–H groups in total. The summed E-state index contributed by atoms with van der Waals surface area (Å²) in [4.78, 5) is 1.38. The summed E-state index contributed by atoms with van der Waals surface area (Å²) >= 11 is 5.33. The highest BCUT2D eigenvalue weighted by Crippen LogP contribution is 2.29. The van der Waals surface area contributed by atoms with Gasteiger partial charge in [0.1, 0.15) is 0 Å². The van der Waals surface area contributed by atoms with Crippen molar-refractivity contribution in [3.63, 3.8) is 0 Å². The van der Waals surface area contributed by atoms with Crippen LogP contribution < -0.4 is 5.32 Å². The van der Waals surface area contributed by atoms with Gasteiger partial charge in [-0.25, -0.2) is 0 Å². The van der Waals surface area contributed by atoms with E-state index in [0.29, 0.717) is 6.04 Å². The van der Waals surface area contributed by atoms with Crippen LogP contribution in [0.1, 0.15) is 29.0 Å². The number of thiophene rings is 1. The number of aryl methyl sites for hydroxylation is 1. The molecule has 0 saturated carbocycles. The Morgan fingerprint density at radius 3 is 2.28 bits per heavy atom. The van der Waals surface area contributed by atoms with Crippen LogP contribution in [0, 0.1) is 0 Å². The molecule has 1 aromatic heterocycles. The third kappa shape index (κ3) is 3.44. The summed E-state index contributed by atoms with van der Waals surface area (Å²) < 4.78 is 1.19. The van der Waals surface area contributed by atoms with Crippen LogP contribution in [0.5, 0.6) is 0 Å². The first-order valence-corrected chi connectivity index (χ1v) is 7.84. The van der Waals surface area contributed by atoms with E-state index in [1.165, 1.54) is 19.8 Å². The number of hydrogen-bond acceptors (Lipinski definition) is 2. The van der Waals surface area contributed by atoms with Gasteiger partial charge in [0.25, 0.3) is 0 Å². The Morgan fingerprint density at radius 2 is 1.78 bits per heavy atom. The smallest absolute Gasteiger partial charge is 0.0701 e. The van der Waals surface area contributed by atoms with Gasteiger partial charge in [0, 0.05) is 10.9 Å². The third-order valence-electron chi connectivity index (χ3n) is 3.16. The van der Waals surface area contributed by atoms with Crippen molar-refractivity contribution in [3.8, 4) is 0 Å². The Morgan fingerprint density at radius 1 is 1.11 bits per heavy atom. The Kier molecular flexibility index (Phi) is 4.98. The molecule has 0 saturated heterocycles. The maximum atomic E-state index is 3.52. The average molecular weight is 324 g/mol. The van der Waals surface area contributed by atoms with Crippen molar-refractivity contribution in [2.45, 2.75) is 25.8 Å². The van der Waals surface area contributed by atoms with E-state index >= 15 is 0 Å². The minimum Gasteiger partial charge on any atom is -0.312 e. The van der Waals surface area contributed by atoms with Gasteiger partial charge in [-0.3, -0.25) is 0 Å². The van der Waals surface area contributed by atoms with Crippen molar-refractivity contribution in [1.82, 2.24) is 5.32 Å². The zero-order valence-corrected chi connectivity index (χ0v) is 13.1. The number of hydrogen-bond donors (Lipinski definition) is 1. The molecule has 1 atom stereocenters. The normalized spacial score (nSPS) is 12.6. The Balaban J connectivity index is 2.10. The molecule has 0 radical (unpaired) electrons. The van der Waals surface area contributed by atoms with E-state index in [4.69, 9.17) is 0 Å². The first kappa shape index (κ1) is 13.8. The van der Waals surface area contributed by atoms with Gasteiger partial charge in [-0.1, -0.05) is 31.2 Å². The van der Waals surface area contributed by atoms with Crippen LogP contribution in [0.2, 0.25) is 0 Å². The predicted octanol–water partition coefficient (Wildman–Crippen LogP) is 4.58. The summed E-state index contributed by atoms with van der Waals surface area (Å²) in [6.07, 6.45) is 2.14. The minimum absolute atomic E-state index is 0.397. The summed E-state index contributed by atoms with van der Waals surface area (Å²) in [5, 5.41) is 3.40. The first-order valence-electron chi connectivity index (χ1n) is 6.23. The lowest BCUT2D eigenvalue weighted by atomic mass is 10.0. The van der Waals surface area contributed by atoms with E-state index in [1.54, 1.807) is 11.3 Å². The number of benzene rings is 1. The quantitative estimate of drug-likeness (QED) is 0.849. The standard InChI is InChI=1S/C15H18BrNS/c1-3-11-4-6-12(7-5-11)10-13(17-2)14-8-9-15(16)18-14/h4-9,13,17H,3,10H2,1-2H3. The van der Waals surface area contributed by atoms with Crippen LogP contribution in [0.25, 0.3) is 0 Å². The zero-order chi connectivity index (χ0) is 13.0. The summed E-state index contributed by atoms with van der Waals surface area (Å²) in [7, 11) is 2.03. The molecule has 18 heavy (non-hydrogen) atoms. The molecule has 1 aromatic carbocycles. The molecule has 0 aliphatic heterocycles.